The largest absolute Gasteiger partial charge is 0.505 e. The van der Waals surface area contributed by atoms with Crippen molar-refractivity contribution in [3.8, 4) is 5.75 Å². The van der Waals surface area contributed by atoms with Gasteiger partial charge in [0.15, 0.2) is 17.4 Å². The van der Waals surface area contributed by atoms with Gasteiger partial charge < -0.3 is 20.1 Å². The first kappa shape index (κ1) is 23.6. The summed E-state index contributed by atoms with van der Waals surface area (Å²) in [6.07, 6.45) is 2.73. The number of nitrogens with zero attached hydrogens (tertiary/aromatic N) is 1. The molecule has 2 aromatic rings. The van der Waals surface area contributed by atoms with E-state index in [4.69, 9.17) is 4.74 Å². The van der Waals surface area contributed by atoms with Crippen LogP contribution in [-0.2, 0) is 4.74 Å². The second kappa shape index (κ2) is 10.1. The monoisotopic (exact) mass is 440 g/mol. The summed E-state index contributed by atoms with van der Waals surface area (Å²) in [4.78, 5) is 15.0. The van der Waals surface area contributed by atoms with E-state index >= 15 is 0 Å². The van der Waals surface area contributed by atoms with Crippen molar-refractivity contribution in [2.45, 2.75) is 51.7 Å². The van der Waals surface area contributed by atoms with Crippen molar-refractivity contribution in [3.05, 3.63) is 77.9 Å². The lowest BCUT2D eigenvalue weighted by molar-refractivity contribution is -0.00611. The number of hydrogen-bond donors (Lipinski definition) is 2. The molecule has 1 amide bonds. The highest BCUT2D eigenvalue weighted by molar-refractivity contribution is 5.94. The molecule has 0 radical (unpaired) electrons. The van der Waals surface area contributed by atoms with E-state index in [1.807, 2.05) is 51.1 Å². The van der Waals surface area contributed by atoms with E-state index in [0.29, 0.717) is 11.8 Å². The Morgan fingerprint density at radius 3 is 2.47 bits per heavy atom. The van der Waals surface area contributed by atoms with Gasteiger partial charge in [0.2, 0.25) is 0 Å². The zero-order valence-corrected chi connectivity index (χ0v) is 19.1. The molecule has 1 aliphatic rings. The molecule has 1 heterocycles. The van der Waals surface area contributed by atoms with Crippen molar-refractivity contribution in [3.63, 3.8) is 0 Å². The number of amides is 1. The number of ether oxygens (including phenoxy) is 1. The van der Waals surface area contributed by atoms with Crippen LogP contribution in [0.2, 0.25) is 0 Å². The van der Waals surface area contributed by atoms with Crippen LogP contribution < -0.4 is 5.32 Å². The van der Waals surface area contributed by atoms with Gasteiger partial charge in [-0.05, 0) is 76.3 Å². The van der Waals surface area contributed by atoms with Crippen LogP contribution in [0.5, 0.6) is 5.75 Å². The van der Waals surface area contributed by atoms with Gasteiger partial charge in [0.1, 0.15) is 5.60 Å². The van der Waals surface area contributed by atoms with Crippen LogP contribution in [-0.4, -0.2) is 34.6 Å². The van der Waals surface area contributed by atoms with Gasteiger partial charge in [0.05, 0.1) is 6.04 Å². The van der Waals surface area contributed by atoms with Gasteiger partial charge in [-0.15, -0.1) is 0 Å². The summed E-state index contributed by atoms with van der Waals surface area (Å²) in [5.41, 5.74) is 0.930. The average molecular weight is 441 g/mol. The maximum absolute atomic E-state index is 13.7. The number of benzene rings is 2. The third-order valence-corrected chi connectivity index (χ3v) is 5.68. The van der Waals surface area contributed by atoms with E-state index in [9.17, 15) is 14.3 Å². The average Bonchev–Trinajstić information content (AvgIpc) is 2.75. The van der Waals surface area contributed by atoms with Gasteiger partial charge in [0.25, 0.3) is 5.91 Å². The second-order valence-electron chi connectivity index (χ2n) is 9.38. The third kappa shape index (κ3) is 6.49. The Kier molecular flexibility index (Phi) is 7.44. The number of rotatable bonds is 7. The first-order valence-corrected chi connectivity index (χ1v) is 11.1. The molecule has 0 bridgehead atoms. The number of halogens is 1. The van der Waals surface area contributed by atoms with Crippen molar-refractivity contribution in [2.75, 3.05) is 13.1 Å². The Morgan fingerprint density at radius 1 is 1.22 bits per heavy atom. The van der Waals surface area contributed by atoms with Crippen LogP contribution in [0, 0.1) is 11.7 Å². The molecule has 0 aromatic heterocycles. The zero-order valence-electron chi connectivity index (χ0n) is 19.1. The van der Waals surface area contributed by atoms with E-state index in [2.05, 4.69) is 16.8 Å². The van der Waals surface area contributed by atoms with Crippen molar-refractivity contribution < 1.29 is 19.0 Å². The van der Waals surface area contributed by atoms with E-state index in [-0.39, 0.29) is 23.1 Å². The normalized spacial score (nSPS) is 15.8. The number of phenolic OH excluding ortho intramolecular Hbond substituents is 1. The van der Waals surface area contributed by atoms with Gasteiger partial charge in [-0.2, -0.15) is 0 Å². The number of phenols is 1. The molecule has 3 rings (SSSR count). The number of carbonyl (C=O) groups is 1. The topological polar surface area (TPSA) is 61.8 Å². The molecule has 0 saturated carbocycles. The van der Waals surface area contributed by atoms with Gasteiger partial charge in [-0.1, -0.05) is 30.3 Å². The minimum absolute atomic E-state index is 0.187. The number of piperidine rings is 1. The standard InChI is InChI=1S/C26H33FN2O3/c1-18(32-26(2,3)4)29-14-12-19(13-15-29)16-23(20-8-6-5-7-9-20)28-25(31)21-10-11-24(30)22(27)17-21/h5-11,17,19,23,30H,1,12-16H2,2-4H3,(H,28,31). The fourth-order valence-electron chi connectivity index (χ4n) is 4.02. The molecule has 32 heavy (non-hydrogen) atoms. The Balaban J connectivity index is 1.65. The number of likely N-dealkylation sites (tertiary alicyclic amines) is 1. The number of hydrogen-bond acceptors (Lipinski definition) is 4. The predicted octanol–water partition coefficient (Wildman–Crippen LogP) is 5.39. The quantitative estimate of drug-likeness (QED) is 0.567. The maximum atomic E-state index is 13.7. The number of nitrogens with one attached hydrogen (secondary N) is 1. The van der Waals surface area contributed by atoms with Crippen molar-refractivity contribution in [2.24, 2.45) is 5.92 Å². The minimum Gasteiger partial charge on any atom is -0.505 e. The van der Waals surface area contributed by atoms with Crippen LogP contribution >= 0.6 is 0 Å². The molecular formula is C26H33FN2O3. The molecule has 2 N–H and O–H groups in total. The molecule has 6 heteroatoms. The molecular weight excluding hydrogens is 407 g/mol. The molecule has 1 fully saturated rings. The van der Waals surface area contributed by atoms with E-state index in [1.165, 1.54) is 12.1 Å². The fraction of sp³-hybridized carbons (Fsp3) is 0.423. The summed E-state index contributed by atoms with van der Waals surface area (Å²) in [6, 6.07) is 13.3. The summed E-state index contributed by atoms with van der Waals surface area (Å²) < 4.78 is 19.6. The molecule has 1 saturated heterocycles. The lowest BCUT2D eigenvalue weighted by Crippen LogP contribution is -2.37. The Labute approximate surface area is 189 Å². The highest BCUT2D eigenvalue weighted by Gasteiger charge is 2.27. The van der Waals surface area contributed by atoms with Crippen LogP contribution in [0.25, 0.3) is 0 Å². The van der Waals surface area contributed by atoms with Crippen LogP contribution in [0.4, 0.5) is 4.39 Å². The lowest BCUT2D eigenvalue weighted by Gasteiger charge is -2.37. The molecule has 172 valence electrons. The van der Waals surface area contributed by atoms with Crippen molar-refractivity contribution >= 4 is 5.91 Å². The summed E-state index contributed by atoms with van der Waals surface area (Å²) in [5, 5.41) is 12.5. The van der Waals surface area contributed by atoms with E-state index in [0.717, 1.165) is 44.0 Å². The molecule has 1 aliphatic heterocycles. The van der Waals surface area contributed by atoms with Crippen LogP contribution in [0.3, 0.4) is 0 Å². The third-order valence-electron chi connectivity index (χ3n) is 5.68. The summed E-state index contributed by atoms with van der Waals surface area (Å²) in [5.74, 6) is -0.500. The minimum atomic E-state index is -0.806. The molecule has 0 spiro atoms. The highest BCUT2D eigenvalue weighted by atomic mass is 19.1. The van der Waals surface area contributed by atoms with E-state index in [1.54, 1.807) is 0 Å². The lowest BCUT2D eigenvalue weighted by atomic mass is 9.87. The van der Waals surface area contributed by atoms with E-state index < -0.39 is 11.6 Å². The van der Waals surface area contributed by atoms with Crippen LogP contribution in [0.1, 0.15) is 62.0 Å². The molecule has 1 atom stereocenters. The Morgan fingerprint density at radius 2 is 1.88 bits per heavy atom. The maximum Gasteiger partial charge on any atom is 0.251 e. The predicted molar refractivity (Wildman–Crippen MR) is 124 cm³/mol. The Hall–Kier alpha value is -3.02. The molecule has 0 aliphatic carbocycles. The highest BCUT2D eigenvalue weighted by Crippen LogP contribution is 2.30. The Bertz CT molecular complexity index is 932. The smallest absolute Gasteiger partial charge is 0.251 e. The van der Waals surface area contributed by atoms with Gasteiger partial charge in [-0.25, -0.2) is 4.39 Å². The molecule has 1 unspecified atom stereocenters. The van der Waals surface area contributed by atoms with Gasteiger partial charge >= 0.3 is 0 Å². The first-order chi connectivity index (χ1) is 15.1. The van der Waals surface area contributed by atoms with Crippen molar-refractivity contribution in [1.82, 2.24) is 10.2 Å². The van der Waals surface area contributed by atoms with Crippen LogP contribution in [0.15, 0.2) is 61.0 Å². The van der Waals surface area contributed by atoms with Gasteiger partial charge in [0, 0.05) is 18.7 Å². The summed E-state index contributed by atoms with van der Waals surface area (Å²) >= 11 is 0. The molecule has 5 nitrogen and oxygen atoms in total. The van der Waals surface area contributed by atoms with Crippen molar-refractivity contribution in [1.29, 1.82) is 0 Å². The summed E-state index contributed by atoms with van der Waals surface area (Å²) in [7, 11) is 0. The molecule has 2 aromatic carbocycles. The van der Waals surface area contributed by atoms with Gasteiger partial charge in [-0.3, -0.25) is 4.79 Å². The summed E-state index contributed by atoms with van der Waals surface area (Å²) in [6.45, 7) is 11.8. The number of carbonyl (C=O) groups excluding carboxylic acids is 1. The first-order valence-electron chi connectivity index (χ1n) is 11.1. The zero-order chi connectivity index (χ0) is 23.3. The number of aromatic hydroxyl groups is 1. The second-order valence-corrected chi connectivity index (χ2v) is 9.38. The SMILES string of the molecule is C=C(OC(C)(C)C)N1CCC(CC(NC(=O)c2ccc(O)c(F)c2)c2ccccc2)CC1. The fourth-order valence-corrected chi connectivity index (χ4v) is 4.02.